The highest BCUT2D eigenvalue weighted by atomic mass is 35.5. The van der Waals surface area contributed by atoms with Crippen molar-refractivity contribution >= 4 is 23.2 Å². The van der Waals surface area contributed by atoms with Crippen LogP contribution < -0.4 is 10.6 Å². The molecule has 1 aromatic heterocycles. The summed E-state index contributed by atoms with van der Waals surface area (Å²) >= 11 is 5.56. The molecule has 11 heteroatoms. The lowest BCUT2D eigenvalue weighted by atomic mass is 10.1. The summed E-state index contributed by atoms with van der Waals surface area (Å²) in [6.07, 6.45) is -10.9. The van der Waals surface area contributed by atoms with Crippen molar-refractivity contribution in [3.05, 3.63) is 53.4 Å². The Morgan fingerprint density at radius 1 is 0.960 bits per heavy atom. The van der Waals surface area contributed by atoms with Crippen LogP contribution in [0.4, 0.5) is 32.0 Å². The van der Waals surface area contributed by atoms with E-state index in [1.807, 2.05) is 0 Å². The summed E-state index contributed by atoms with van der Waals surface area (Å²) in [6.45, 7) is 0. The normalized spacial score (nSPS) is 12.8. The molecule has 2 aromatic rings. The van der Waals surface area contributed by atoms with Gasteiger partial charge in [0.05, 0.1) is 6.26 Å². The number of rotatable bonds is 4. The molecular weight excluding hydrogens is 378 g/mol. The number of anilines is 1. The number of hydrogen-bond acceptors (Lipinski definition) is 3. The number of furan rings is 1. The fourth-order valence-corrected chi connectivity index (χ4v) is 1.99. The Morgan fingerprint density at radius 3 is 1.96 bits per heavy atom. The van der Waals surface area contributed by atoms with Gasteiger partial charge in [-0.1, -0.05) is 11.6 Å². The molecule has 0 bridgehead atoms. The van der Waals surface area contributed by atoms with Crippen molar-refractivity contribution in [1.82, 2.24) is 5.32 Å². The van der Waals surface area contributed by atoms with Gasteiger partial charge in [-0.3, -0.25) is 4.79 Å². The zero-order valence-electron chi connectivity index (χ0n) is 12.0. The predicted octanol–water partition coefficient (Wildman–Crippen LogP) is 4.60. The van der Waals surface area contributed by atoms with Crippen LogP contribution in [0.25, 0.3) is 0 Å². The van der Waals surface area contributed by atoms with Crippen molar-refractivity contribution in [3.8, 4) is 0 Å². The summed E-state index contributed by atoms with van der Waals surface area (Å²) in [5.41, 5.74) is -5.30. The lowest BCUT2D eigenvalue weighted by Gasteiger charge is -2.38. The van der Waals surface area contributed by atoms with Crippen molar-refractivity contribution in [3.63, 3.8) is 0 Å². The smallest absolute Gasteiger partial charge is 0.439 e. The van der Waals surface area contributed by atoms with Gasteiger partial charge in [-0.05, 0) is 36.4 Å². The minimum absolute atomic E-state index is 0.106. The van der Waals surface area contributed by atoms with Crippen molar-refractivity contribution in [2.75, 3.05) is 5.32 Å². The second kappa shape index (κ2) is 6.51. The number of alkyl halides is 6. The second-order valence-corrected chi connectivity index (χ2v) is 5.25. The lowest BCUT2D eigenvalue weighted by molar-refractivity contribution is -0.294. The Morgan fingerprint density at radius 2 is 1.52 bits per heavy atom. The molecule has 1 heterocycles. The van der Waals surface area contributed by atoms with Crippen molar-refractivity contribution in [1.29, 1.82) is 0 Å². The van der Waals surface area contributed by atoms with Gasteiger partial charge in [0.1, 0.15) is 0 Å². The monoisotopic (exact) mass is 386 g/mol. The molecule has 0 radical (unpaired) electrons. The van der Waals surface area contributed by atoms with Crippen LogP contribution in [0.15, 0.2) is 47.1 Å². The minimum Gasteiger partial charge on any atom is -0.459 e. The van der Waals surface area contributed by atoms with Gasteiger partial charge in [-0.25, -0.2) is 0 Å². The van der Waals surface area contributed by atoms with Crippen LogP contribution in [-0.4, -0.2) is 23.9 Å². The maximum atomic E-state index is 13.4. The molecule has 0 spiro atoms. The molecule has 25 heavy (non-hydrogen) atoms. The Hall–Kier alpha value is -2.36. The fraction of sp³-hybridized carbons (Fsp3) is 0.214. The number of carbonyl (C=O) groups is 1. The van der Waals surface area contributed by atoms with Crippen LogP contribution in [0.2, 0.25) is 5.02 Å². The van der Waals surface area contributed by atoms with E-state index in [2.05, 4.69) is 4.42 Å². The third-order valence-electron chi connectivity index (χ3n) is 3.07. The van der Waals surface area contributed by atoms with Gasteiger partial charge in [0.15, 0.2) is 5.76 Å². The van der Waals surface area contributed by atoms with Crippen molar-refractivity contribution < 1.29 is 35.6 Å². The Balaban J connectivity index is 2.48. The topological polar surface area (TPSA) is 54.3 Å². The van der Waals surface area contributed by atoms with Gasteiger partial charge >= 0.3 is 18.0 Å². The average molecular weight is 387 g/mol. The standard InChI is InChI=1S/C14H9ClF6N2O2/c15-8-3-5-9(6-4-8)22-12(13(16,17)18,14(19,20)21)23-11(24)10-2-1-7-25-10/h1-7,22H,(H,23,24). The fourth-order valence-electron chi connectivity index (χ4n) is 1.86. The van der Waals surface area contributed by atoms with Crippen LogP contribution in [0.1, 0.15) is 10.6 Å². The van der Waals surface area contributed by atoms with Crippen molar-refractivity contribution in [2.45, 2.75) is 18.0 Å². The Labute approximate surface area is 141 Å². The summed E-state index contributed by atoms with van der Waals surface area (Å²) in [5.74, 6) is -2.41. The largest absolute Gasteiger partial charge is 0.459 e. The molecule has 4 nitrogen and oxygen atoms in total. The van der Waals surface area contributed by atoms with Gasteiger partial charge < -0.3 is 15.1 Å². The van der Waals surface area contributed by atoms with Crippen LogP contribution in [0.3, 0.4) is 0 Å². The van der Waals surface area contributed by atoms with Gasteiger partial charge in [0, 0.05) is 10.7 Å². The summed E-state index contributed by atoms with van der Waals surface area (Å²) in [7, 11) is 0. The third kappa shape index (κ3) is 3.84. The zero-order chi connectivity index (χ0) is 18.9. The van der Waals surface area contributed by atoms with Crippen LogP contribution >= 0.6 is 11.6 Å². The van der Waals surface area contributed by atoms with E-state index in [9.17, 15) is 31.1 Å². The highest BCUT2D eigenvalue weighted by Crippen LogP contribution is 2.43. The summed E-state index contributed by atoms with van der Waals surface area (Å²) in [5, 5.41) is 2.37. The third-order valence-corrected chi connectivity index (χ3v) is 3.32. The predicted molar refractivity (Wildman–Crippen MR) is 76.1 cm³/mol. The molecule has 0 aliphatic carbocycles. The molecule has 1 amide bonds. The van der Waals surface area contributed by atoms with E-state index < -0.39 is 35.4 Å². The number of amides is 1. The molecule has 0 saturated heterocycles. The average Bonchev–Trinajstić information content (AvgIpc) is 3.00. The highest BCUT2D eigenvalue weighted by Gasteiger charge is 2.72. The first kappa shape index (κ1) is 19.0. The number of halogens is 7. The molecule has 2 rings (SSSR count). The Bertz CT molecular complexity index is 711. The number of carbonyl (C=O) groups excluding carboxylic acids is 1. The minimum atomic E-state index is -5.92. The summed E-state index contributed by atoms with van der Waals surface area (Å²) in [6, 6.07) is 6.08. The van der Waals surface area contributed by atoms with E-state index in [-0.39, 0.29) is 5.02 Å². The molecule has 0 atom stereocenters. The first-order valence-corrected chi connectivity index (χ1v) is 6.87. The first-order chi connectivity index (χ1) is 11.5. The van der Waals surface area contributed by atoms with Crippen molar-refractivity contribution in [2.24, 2.45) is 0 Å². The molecule has 0 unspecified atom stereocenters. The summed E-state index contributed by atoms with van der Waals surface area (Å²) < 4.78 is 84.8. The zero-order valence-corrected chi connectivity index (χ0v) is 12.8. The highest BCUT2D eigenvalue weighted by molar-refractivity contribution is 6.30. The maximum absolute atomic E-state index is 13.4. The van der Waals surface area contributed by atoms with Gasteiger partial charge in [0.2, 0.25) is 0 Å². The van der Waals surface area contributed by atoms with E-state index in [0.29, 0.717) is 0 Å². The molecule has 0 saturated carbocycles. The van der Waals surface area contributed by atoms with E-state index in [1.165, 1.54) is 5.32 Å². The van der Waals surface area contributed by atoms with Gasteiger partial charge in [0.25, 0.3) is 5.91 Å². The van der Waals surface area contributed by atoms with Crippen LogP contribution in [0, 0.1) is 0 Å². The van der Waals surface area contributed by atoms with Gasteiger partial charge in [-0.15, -0.1) is 0 Å². The molecule has 1 aromatic carbocycles. The van der Waals surface area contributed by atoms with E-state index in [0.717, 1.165) is 48.0 Å². The molecule has 2 N–H and O–H groups in total. The number of benzene rings is 1. The molecular formula is C14H9ClF6N2O2. The molecule has 0 fully saturated rings. The Kier molecular flexibility index (Phi) is 4.94. The molecule has 136 valence electrons. The lowest BCUT2D eigenvalue weighted by Crippen LogP contribution is -2.72. The maximum Gasteiger partial charge on any atom is 0.439 e. The second-order valence-electron chi connectivity index (χ2n) is 4.81. The molecule has 0 aliphatic rings. The SMILES string of the molecule is O=C(NC(Nc1ccc(Cl)cc1)(C(F)(F)F)C(F)(F)F)c1ccco1. The van der Waals surface area contributed by atoms with Crippen LogP contribution in [-0.2, 0) is 0 Å². The summed E-state index contributed by atoms with van der Waals surface area (Å²) in [4.78, 5) is 11.8. The van der Waals surface area contributed by atoms with Gasteiger partial charge in [-0.2, -0.15) is 26.3 Å². The van der Waals surface area contributed by atoms with E-state index in [4.69, 9.17) is 11.6 Å². The quantitative estimate of drug-likeness (QED) is 0.596. The van der Waals surface area contributed by atoms with E-state index in [1.54, 1.807) is 0 Å². The van der Waals surface area contributed by atoms with E-state index >= 15 is 0 Å². The first-order valence-electron chi connectivity index (χ1n) is 6.49. The molecule has 0 aliphatic heterocycles. The van der Waals surface area contributed by atoms with Crippen LogP contribution in [0.5, 0.6) is 0 Å². The number of nitrogens with one attached hydrogen (secondary N) is 2. The number of hydrogen-bond donors (Lipinski definition) is 2.